The van der Waals surface area contributed by atoms with Crippen LogP contribution < -0.4 is 15.1 Å². The van der Waals surface area contributed by atoms with Crippen molar-refractivity contribution in [2.75, 3.05) is 38.0 Å². The van der Waals surface area contributed by atoms with E-state index in [4.69, 9.17) is 16.0 Å². The Morgan fingerprint density at radius 1 is 1.21 bits per heavy atom. The van der Waals surface area contributed by atoms with Gasteiger partial charge in [-0.2, -0.15) is 0 Å². The molecular weight excluding hydrogens is 333 g/mol. The van der Waals surface area contributed by atoms with Gasteiger partial charge in [0.1, 0.15) is 38.5 Å². The summed E-state index contributed by atoms with van der Waals surface area (Å²) < 4.78 is 18.5. The number of hydrogen-bond donors (Lipinski definition) is 3. The molecule has 0 saturated carbocycles. The molecule has 1 aromatic heterocycles. The third kappa shape index (κ3) is 4.56. The zero-order valence-corrected chi connectivity index (χ0v) is 14.0. The zero-order valence-electron chi connectivity index (χ0n) is 13.3. The highest BCUT2D eigenvalue weighted by Crippen LogP contribution is 2.18. The Morgan fingerprint density at radius 2 is 1.96 bits per heavy atom. The largest absolute Gasteiger partial charge is 0.463 e. The Balaban J connectivity index is 1.43. The van der Waals surface area contributed by atoms with Crippen LogP contribution in [0.1, 0.15) is 5.76 Å². The molecule has 7 heteroatoms. The Labute approximate surface area is 145 Å². The van der Waals surface area contributed by atoms with Gasteiger partial charge in [-0.3, -0.25) is 4.79 Å². The first kappa shape index (κ1) is 17.0. The molecule has 3 rings (SSSR count). The van der Waals surface area contributed by atoms with E-state index in [1.165, 1.54) is 28.0 Å². The number of piperazine rings is 1. The molecule has 5 nitrogen and oxygen atoms in total. The Hall–Kier alpha value is -1.89. The third-order valence-corrected chi connectivity index (χ3v) is 4.57. The van der Waals surface area contributed by atoms with Crippen LogP contribution in [-0.4, -0.2) is 38.6 Å². The van der Waals surface area contributed by atoms with E-state index in [2.05, 4.69) is 5.32 Å². The summed E-state index contributed by atoms with van der Waals surface area (Å²) in [5, 5.41) is 2.78. The summed E-state index contributed by atoms with van der Waals surface area (Å²) in [5.41, 5.74) is 0.521. The molecule has 1 aromatic carbocycles. The van der Waals surface area contributed by atoms with Gasteiger partial charge < -0.3 is 19.5 Å². The molecule has 24 heavy (non-hydrogen) atoms. The standard InChI is InChI=1S/C17H19ClFN3O2/c18-15-10-13(3-4-16(15)19)20-17(23)12-22-7-5-21(6-8-22)11-14-2-1-9-24-14/h1-4,9-10H,5-8,11-12H2,(H,20,23)/p+2. The number of furan rings is 1. The van der Waals surface area contributed by atoms with Crippen molar-refractivity contribution < 1.29 is 23.4 Å². The molecule has 2 aromatic rings. The van der Waals surface area contributed by atoms with Crippen LogP contribution in [0.5, 0.6) is 0 Å². The molecule has 1 saturated heterocycles. The highest BCUT2D eigenvalue weighted by Gasteiger charge is 2.25. The number of nitrogens with one attached hydrogen (secondary N) is 3. The quantitative estimate of drug-likeness (QED) is 0.708. The van der Waals surface area contributed by atoms with Crippen molar-refractivity contribution in [3.8, 4) is 0 Å². The van der Waals surface area contributed by atoms with Crippen LogP contribution in [0, 0.1) is 5.82 Å². The number of carbonyl (C=O) groups is 1. The monoisotopic (exact) mass is 353 g/mol. The SMILES string of the molecule is O=C(C[NH+]1CC[NH+](Cc2ccco2)CC1)Nc1ccc(F)c(Cl)c1. The molecule has 0 spiro atoms. The van der Waals surface area contributed by atoms with E-state index in [0.717, 1.165) is 38.5 Å². The Kier molecular flexibility index (Phi) is 5.50. The minimum Gasteiger partial charge on any atom is -0.463 e. The van der Waals surface area contributed by atoms with E-state index < -0.39 is 5.82 Å². The normalized spacial score (nSPS) is 20.8. The van der Waals surface area contributed by atoms with Gasteiger partial charge in [-0.1, -0.05) is 11.6 Å². The molecule has 0 bridgehead atoms. The molecule has 128 valence electrons. The lowest BCUT2D eigenvalue weighted by Gasteiger charge is -2.28. The lowest BCUT2D eigenvalue weighted by Crippen LogP contribution is -3.28. The second kappa shape index (κ2) is 7.79. The second-order valence-corrected chi connectivity index (χ2v) is 6.52. The number of hydrogen-bond acceptors (Lipinski definition) is 2. The van der Waals surface area contributed by atoms with Crippen LogP contribution in [0.3, 0.4) is 0 Å². The van der Waals surface area contributed by atoms with Gasteiger partial charge in [0.2, 0.25) is 0 Å². The van der Waals surface area contributed by atoms with Gasteiger partial charge in [0.15, 0.2) is 12.3 Å². The zero-order chi connectivity index (χ0) is 16.9. The molecule has 2 heterocycles. The first-order chi connectivity index (χ1) is 11.6. The van der Waals surface area contributed by atoms with Gasteiger partial charge in [0.25, 0.3) is 5.91 Å². The molecule has 1 amide bonds. The molecule has 1 aliphatic heterocycles. The molecule has 1 fully saturated rings. The van der Waals surface area contributed by atoms with Crippen molar-refractivity contribution in [3.05, 3.63) is 53.2 Å². The maximum absolute atomic E-state index is 13.1. The van der Waals surface area contributed by atoms with Crippen LogP contribution in [-0.2, 0) is 11.3 Å². The number of carbonyl (C=O) groups excluding carboxylic acids is 1. The second-order valence-electron chi connectivity index (χ2n) is 6.11. The molecular formula is C17H21ClFN3O2+2. The van der Waals surface area contributed by atoms with E-state index in [1.807, 2.05) is 12.1 Å². The summed E-state index contributed by atoms with van der Waals surface area (Å²) in [6.45, 7) is 5.18. The number of anilines is 1. The first-order valence-electron chi connectivity index (χ1n) is 8.04. The van der Waals surface area contributed by atoms with Crippen molar-refractivity contribution in [2.45, 2.75) is 6.54 Å². The maximum Gasteiger partial charge on any atom is 0.279 e. The minimum atomic E-state index is -0.490. The number of amides is 1. The number of rotatable bonds is 5. The van der Waals surface area contributed by atoms with E-state index in [-0.39, 0.29) is 10.9 Å². The van der Waals surface area contributed by atoms with Crippen LogP contribution >= 0.6 is 11.6 Å². The summed E-state index contributed by atoms with van der Waals surface area (Å²) in [4.78, 5) is 14.8. The lowest BCUT2D eigenvalue weighted by molar-refractivity contribution is -1.02. The van der Waals surface area contributed by atoms with Crippen molar-refractivity contribution >= 4 is 23.2 Å². The fourth-order valence-electron chi connectivity index (χ4n) is 2.98. The van der Waals surface area contributed by atoms with E-state index >= 15 is 0 Å². The summed E-state index contributed by atoms with van der Waals surface area (Å²) in [6.07, 6.45) is 1.70. The van der Waals surface area contributed by atoms with Crippen LogP contribution in [0.4, 0.5) is 10.1 Å². The molecule has 3 N–H and O–H groups in total. The summed E-state index contributed by atoms with van der Waals surface area (Å²) >= 11 is 5.72. The van der Waals surface area contributed by atoms with Crippen LogP contribution in [0.25, 0.3) is 0 Å². The fourth-order valence-corrected chi connectivity index (χ4v) is 3.16. The highest BCUT2D eigenvalue weighted by molar-refractivity contribution is 6.31. The van der Waals surface area contributed by atoms with E-state index in [1.54, 1.807) is 6.26 Å². The van der Waals surface area contributed by atoms with Crippen LogP contribution in [0.15, 0.2) is 41.0 Å². The topological polar surface area (TPSA) is 51.1 Å². The highest BCUT2D eigenvalue weighted by atomic mass is 35.5. The van der Waals surface area contributed by atoms with Gasteiger partial charge in [-0.05, 0) is 30.3 Å². The third-order valence-electron chi connectivity index (χ3n) is 4.28. The van der Waals surface area contributed by atoms with Crippen LogP contribution in [0.2, 0.25) is 5.02 Å². The van der Waals surface area contributed by atoms with E-state index in [9.17, 15) is 9.18 Å². The summed E-state index contributed by atoms with van der Waals surface area (Å²) in [6, 6.07) is 8.09. The Bertz CT molecular complexity index is 685. The average Bonchev–Trinajstić information content (AvgIpc) is 3.06. The molecule has 0 unspecified atom stereocenters. The molecule has 1 aliphatic rings. The van der Waals surface area contributed by atoms with Gasteiger partial charge in [0, 0.05) is 5.69 Å². The van der Waals surface area contributed by atoms with Crippen molar-refractivity contribution in [2.24, 2.45) is 0 Å². The maximum atomic E-state index is 13.1. The predicted octanol–water partition coefficient (Wildman–Crippen LogP) is -0.00580. The van der Waals surface area contributed by atoms with Gasteiger partial charge in [-0.25, -0.2) is 4.39 Å². The molecule has 0 radical (unpaired) electrons. The predicted molar refractivity (Wildman–Crippen MR) is 88.7 cm³/mol. The van der Waals surface area contributed by atoms with Crippen molar-refractivity contribution in [3.63, 3.8) is 0 Å². The van der Waals surface area contributed by atoms with Crippen molar-refractivity contribution in [1.82, 2.24) is 0 Å². The molecule has 0 atom stereocenters. The van der Waals surface area contributed by atoms with E-state index in [0.29, 0.717) is 12.2 Å². The Morgan fingerprint density at radius 3 is 2.62 bits per heavy atom. The minimum absolute atomic E-state index is 0.00953. The molecule has 0 aliphatic carbocycles. The van der Waals surface area contributed by atoms with Gasteiger partial charge in [-0.15, -0.1) is 0 Å². The number of quaternary nitrogens is 2. The van der Waals surface area contributed by atoms with Gasteiger partial charge >= 0.3 is 0 Å². The fraction of sp³-hybridized carbons (Fsp3) is 0.353. The van der Waals surface area contributed by atoms with Crippen molar-refractivity contribution in [1.29, 1.82) is 0 Å². The number of halogens is 2. The average molecular weight is 354 g/mol. The smallest absolute Gasteiger partial charge is 0.279 e. The first-order valence-corrected chi connectivity index (χ1v) is 8.42. The summed E-state index contributed by atoms with van der Waals surface area (Å²) in [5.74, 6) is 0.428. The summed E-state index contributed by atoms with van der Waals surface area (Å²) in [7, 11) is 0. The van der Waals surface area contributed by atoms with Gasteiger partial charge in [0.05, 0.1) is 11.3 Å². The lowest BCUT2D eigenvalue weighted by atomic mass is 10.2. The number of benzene rings is 1.